The van der Waals surface area contributed by atoms with Crippen LogP contribution in [-0.4, -0.2) is 12.6 Å². The van der Waals surface area contributed by atoms with Crippen molar-refractivity contribution in [2.24, 2.45) is 0 Å². The van der Waals surface area contributed by atoms with E-state index in [0.717, 1.165) is 19.4 Å². The monoisotopic (exact) mass is 281 g/mol. The van der Waals surface area contributed by atoms with Crippen LogP contribution in [0.4, 0.5) is 0 Å². The summed E-state index contributed by atoms with van der Waals surface area (Å²) in [6.45, 7) is 9.80. The van der Waals surface area contributed by atoms with Gasteiger partial charge in [0.05, 0.1) is 0 Å². The second kappa shape index (κ2) is 7.42. The van der Waals surface area contributed by atoms with Gasteiger partial charge < -0.3 is 5.32 Å². The van der Waals surface area contributed by atoms with E-state index in [0.29, 0.717) is 6.04 Å². The lowest BCUT2D eigenvalue weighted by molar-refractivity contribution is 0.519. The topological polar surface area (TPSA) is 12.0 Å². The first kappa shape index (κ1) is 15.8. The zero-order chi connectivity index (χ0) is 15.2. The molecule has 1 unspecified atom stereocenters. The maximum absolute atomic E-state index is 3.65. The zero-order valence-corrected chi connectivity index (χ0v) is 13.7. The maximum atomic E-state index is 3.65. The summed E-state index contributed by atoms with van der Waals surface area (Å²) < 4.78 is 0. The van der Waals surface area contributed by atoms with E-state index in [-0.39, 0.29) is 0 Å². The molecule has 2 aromatic carbocycles. The van der Waals surface area contributed by atoms with E-state index in [1.54, 1.807) is 0 Å². The van der Waals surface area contributed by atoms with Crippen LogP contribution in [0, 0.1) is 20.8 Å². The minimum Gasteiger partial charge on any atom is -0.314 e. The molecule has 2 aromatic rings. The fraction of sp³-hybridized carbons (Fsp3) is 0.400. The second-order valence-electron chi connectivity index (χ2n) is 6.02. The highest BCUT2D eigenvalue weighted by molar-refractivity contribution is 5.32. The van der Waals surface area contributed by atoms with Gasteiger partial charge in [-0.1, -0.05) is 55.0 Å². The molecule has 0 aromatic heterocycles. The standard InChI is InChI=1S/C20H27N/c1-5-21-20(13-18-9-7-6-8-16(18)3)14-19-12-15(2)10-11-17(19)4/h6-12,20-21H,5,13-14H2,1-4H3. The summed E-state index contributed by atoms with van der Waals surface area (Å²) in [5, 5.41) is 3.65. The highest BCUT2D eigenvalue weighted by Crippen LogP contribution is 2.16. The van der Waals surface area contributed by atoms with Crippen LogP contribution in [0.1, 0.15) is 34.7 Å². The molecule has 112 valence electrons. The molecule has 0 amide bonds. The Morgan fingerprint density at radius 3 is 2.24 bits per heavy atom. The van der Waals surface area contributed by atoms with Crippen LogP contribution in [0.15, 0.2) is 42.5 Å². The quantitative estimate of drug-likeness (QED) is 0.829. The van der Waals surface area contributed by atoms with Crippen molar-refractivity contribution in [1.29, 1.82) is 0 Å². The molecule has 0 saturated heterocycles. The molecule has 0 bridgehead atoms. The van der Waals surface area contributed by atoms with Crippen molar-refractivity contribution < 1.29 is 0 Å². The molecule has 2 rings (SSSR count). The van der Waals surface area contributed by atoms with Gasteiger partial charge in [0.15, 0.2) is 0 Å². The Bertz CT molecular complexity index is 586. The molecule has 1 heteroatoms. The van der Waals surface area contributed by atoms with Gasteiger partial charge in [0, 0.05) is 6.04 Å². The van der Waals surface area contributed by atoms with Crippen LogP contribution >= 0.6 is 0 Å². The summed E-state index contributed by atoms with van der Waals surface area (Å²) in [5.41, 5.74) is 7.06. The van der Waals surface area contributed by atoms with E-state index in [2.05, 4.69) is 75.5 Å². The van der Waals surface area contributed by atoms with Crippen molar-refractivity contribution in [3.63, 3.8) is 0 Å². The first-order valence-corrected chi connectivity index (χ1v) is 7.94. The van der Waals surface area contributed by atoms with Gasteiger partial charge in [-0.2, -0.15) is 0 Å². The number of likely N-dealkylation sites (N-methyl/N-ethyl adjacent to an activating group) is 1. The van der Waals surface area contributed by atoms with Crippen LogP contribution < -0.4 is 5.32 Å². The number of rotatable bonds is 6. The van der Waals surface area contributed by atoms with Crippen molar-refractivity contribution in [1.82, 2.24) is 5.32 Å². The molecular formula is C20H27N. The predicted molar refractivity (Wildman–Crippen MR) is 92.0 cm³/mol. The highest BCUT2D eigenvalue weighted by atomic mass is 14.9. The largest absolute Gasteiger partial charge is 0.314 e. The molecule has 1 N–H and O–H groups in total. The number of hydrogen-bond acceptors (Lipinski definition) is 1. The normalized spacial score (nSPS) is 12.4. The van der Waals surface area contributed by atoms with Crippen molar-refractivity contribution in [2.45, 2.75) is 46.6 Å². The van der Waals surface area contributed by atoms with Gasteiger partial charge in [0.2, 0.25) is 0 Å². The molecule has 0 fully saturated rings. The molecule has 0 aliphatic heterocycles. The Kier molecular flexibility index (Phi) is 5.58. The Morgan fingerprint density at radius 1 is 0.857 bits per heavy atom. The Morgan fingerprint density at radius 2 is 1.52 bits per heavy atom. The molecule has 0 heterocycles. The van der Waals surface area contributed by atoms with Gasteiger partial charge in [-0.15, -0.1) is 0 Å². The number of benzene rings is 2. The fourth-order valence-corrected chi connectivity index (χ4v) is 2.90. The summed E-state index contributed by atoms with van der Waals surface area (Å²) >= 11 is 0. The fourth-order valence-electron chi connectivity index (χ4n) is 2.90. The number of hydrogen-bond donors (Lipinski definition) is 1. The summed E-state index contributed by atoms with van der Waals surface area (Å²) in [7, 11) is 0. The van der Waals surface area contributed by atoms with Crippen molar-refractivity contribution in [3.8, 4) is 0 Å². The summed E-state index contributed by atoms with van der Waals surface area (Å²) in [6.07, 6.45) is 2.18. The molecule has 1 atom stereocenters. The van der Waals surface area contributed by atoms with Crippen molar-refractivity contribution >= 4 is 0 Å². The van der Waals surface area contributed by atoms with Crippen LogP contribution in [0.5, 0.6) is 0 Å². The summed E-state index contributed by atoms with van der Waals surface area (Å²) in [5.74, 6) is 0. The SMILES string of the molecule is CCNC(Cc1ccccc1C)Cc1cc(C)ccc1C. The van der Waals surface area contributed by atoms with E-state index in [9.17, 15) is 0 Å². The molecule has 0 radical (unpaired) electrons. The summed E-state index contributed by atoms with van der Waals surface area (Å²) in [4.78, 5) is 0. The molecule has 1 nitrogen and oxygen atoms in total. The second-order valence-corrected chi connectivity index (χ2v) is 6.02. The lowest BCUT2D eigenvalue weighted by Gasteiger charge is -2.20. The van der Waals surface area contributed by atoms with Gasteiger partial charge in [-0.3, -0.25) is 0 Å². The van der Waals surface area contributed by atoms with E-state index in [4.69, 9.17) is 0 Å². The Balaban J connectivity index is 2.16. The van der Waals surface area contributed by atoms with Gasteiger partial charge in [0.1, 0.15) is 0 Å². The smallest absolute Gasteiger partial charge is 0.0148 e. The summed E-state index contributed by atoms with van der Waals surface area (Å²) in [6, 6.07) is 16.0. The predicted octanol–water partition coefficient (Wildman–Crippen LogP) is 4.38. The Hall–Kier alpha value is -1.60. The van der Waals surface area contributed by atoms with Crippen molar-refractivity contribution in [3.05, 3.63) is 70.3 Å². The first-order valence-electron chi connectivity index (χ1n) is 7.94. The average Bonchev–Trinajstić information content (AvgIpc) is 2.45. The minimum absolute atomic E-state index is 0.497. The van der Waals surface area contributed by atoms with Crippen LogP contribution in [-0.2, 0) is 12.8 Å². The zero-order valence-electron chi connectivity index (χ0n) is 13.7. The first-order chi connectivity index (χ1) is 10.1. The molecule has 0 saturated carbocycles. The highest BCUT2D eigenvalue weighted by Gasteiger charge is 2.12. The number of nitrogens with one attached hydrogen (secondary N) is 1. The van der Waals surface area contributed by atoms with Gasteiger partial charge in [0.25, 0.3) is 0 Å². The van der Waals surface area contributed by atoms with Gasteiger partial charge in [-0.25, -0.2) is 0 Å². The van der Waals surface area contributed by atoms with Crippen LogP contribution in [0.25, 0.3) is 0 Å². The van der Waals surface area contributed by atoms with Crippen LogP contribution in [0.2, 0.25) is 0 Å². The van der Waals surface area contributed by atoms with E-state index in [1.165, 1.54) is 27.8 Å². The third-order valence-electron chi connectivity index (χ3n) is 4.19. The average molecular weight is 281 g/mol. The third kappa shape index (κ3) is 4.44. The van der Waals surface area contributed by atoms with E-state index >= 15 is 0 Å². The van der Waals surface area contributed by atoms with Gasteiger partial charge in [-0.05, 0) is 62.4 Å². The van der Waals surface area contributed by atoms with Crippen LogP contribution in [0.3, 0.4) is 0 Å². The van der Waals surface area contributed by atoms with Gasteiger partial charge >= 0.3 is 0 Å². The molecule has 21 heavy (non-hydrogen) atoms. The molecule has 0 aliphatic rings. The van der Waals surface area contributed by atoms with E-state index in [1.807, 2.05) is 0 Å². The van der Waals surface area contributed by atoms with Crippen molar-refractivity contribution in [2.75, 3.05) is 6.54 Å². The Labute approximate surface area is 129 Å². The molecule has 0 aliphatic carbocycles. The maximum Gasteiger partial charge on any atom is 0.0148 e. The minimum atomic E-state index is 0.497. The number of aryl methyl sites for hydroxylation is 3. The molecular weight excluding hydrogens is 254 g/mol. The molecule has 0 spiro atoms. The third-order valence-corrected chi connectivity index (χ3v) is 4.19. The lowest BCUT2D eigenvalue weighted by Crippen LogP contribution is -2.33. The lowest BCUT2D eigenvalue weighted by atomic mass is 9.93. The van der Waals surface area contributed by atoms with E-state index < -0.39 is 0 Å².